The Hall–Kier alpha value is -5.42. The van der Waals surface area contributed by atoms with Crippen LogP contribution in [-0.2, 0) is 21.7 Å². The molecule has 2 aromatic heterocycles. The number of benzene rings is 6. The molecule has 0 bridgehead atoms. The summed E-state index contributed by atoms with van der Waals surface area (Å²) in [5.41, 5.74) is 20.1. The van der Waals surface area contributed by atoms with Crippen LogP contribution in [0.15, 0.2) is 106 Å². The summed E-state index contributed by atoms with van der Waals surface area (Å²) in [6.07, 6.45) is 7.10. The minimum absolute atomic E-state index is 0.0281. The van der Waals surface area contributed by atoms with Crippen LogP contribution < -0.4 is 20.6 Å². The number of furan rings is 2. The van der Waals surface area contributed by atoms with Crippen molar-refractivity contribution < 1.29 is 8.83 Å². The smallest absolute Gasteiger partial charge is 0.333 e. The zero-order valence-electron chi connectivity index (χ0n) is 37.3. The number of fused-ring (bicyclic) bond motifs is 16. The van der Waals surface area contributed by atoms with E-state index >= 15 is 0 Å². The predicted molar refractivity (Wildman–Crippen MR) is 257 cm³/mol. The van der Waals surface area contributed by atoms with E-state index in [-0.39, 0.29) is 34.0 Å². The van der Waals surface area contributed by atoms with Crippen LogP contribution in [0.2, 0.25) is 0 Å². The highest BCUT2D eigenvalue weighted by Gasteiger charge is 2.63. The van der Waals surface area contributed by atoms with Gasteiger partial charge in [0.1, 0.15) is 16.7 Å². The Balaban J connectivity index is 1.25. The molecule has 1 saturated carbocycles. The number of para-hydroxylation sites is 2. The van der Waals surface area contributed by atoms with Gasteiger partial charge in [0.15, 0.2) is 5.58 Å². The minimum Gasteiger partial charge on any atom is -0.456 e. The number of hydrogen-bond donors (Lipinski definition) is 0. The van der Waals surface area contributed by atoms with Crippen molar-refractivity contribution in [1.82, 2.24) is 0 Å². The van der Waals surface area contributed by atoms with E-state index in [4.69, 9.17) is 8.83 Å². The molecule has 61 heavy (non-hydrogen) atoms. The molecule has 0 radical (unpaired) electrons. The SMILES string of the molecule is CC(C)(C)c1cc2c3c(c1)C1(C)CCCCC1(C)N3c1c3c(cc4c1oc1ccccc14)-c1c(ccc4oc5cc6c(cc5c14)C(C)(C)CCC6(C)C)N(c1ccccc1)B23. The molecule has 5 aliphatic rings. The average molecular weight is 799 g/mol. The highest BCUT2D eigenvalue weighted by Crippen LogP contribution is 2.64. The number of rotatable bonds is 1. The van der Waals surface area contributed by atoms with Gasteiger partial charge >= 0.3 is 6.85 Å². The van der Waals surface area contributed by atoms with Gasteiger partial charge in [-0.1, -0.05) is 117 Å². The first-order chi connectivity index (χ1) is 29.1. The molecule has 13 rings (SSSR count). The van der Waals surface area contributed by atoms with Crippen LogP contribution in [0.4, 0.5) is 22.7 Å². The lowest BCUT2D eigenvalue weighted by atomic mass is 9.43. The van der Waals surface area contributed by atoms with Crippen LogP contribution >= 0.6 is 0 Å². The van der Waals surface area contributed by atoms with Gasteiger partial charge in [0.25, 0.3) is 0 Å². The molecule has 1 fully saturated rings. The third-order valence-electron chi connectivity index (χ3n) is 17.0. The van der Waals surface area contributed by atoms with Crippen LogP contribution in [0.3, 0.4) is 0 Å². The van der Waals surface area contributed by atoms with Gasteiger partial charge in [-0.2, -0.15) is 0 Å². The van der Waals surface area contributed by atoms with Gasteiger partial charge in [-0.15, -0.1) is 0 Å². The highest BCUT2D eigenvalue weighted by molar-refractivity contribution is 6.94. The summed E-state index contributed by atoms with van der Waals surface area (Å²) in [6.45, 7) is 22.0. The van der Waals surface area contributed by atoms with E-state index in [1.807, 2.05) is 0 Å². The number of nitrogens with zero attached hydrogens (tertiary/aromatic N) is 2. The van der Waals surface area contributed by atoms with Crippen LogP contribution in [0.25, 0.3) is 55.0 Å². The molecule has 0 spiro atoms. The summed E-state index contributed by atoms with van der Waals surface area (Å²) in [5.74, 6) is 0. The molecule has 0 saturated heterocycles. The monoisotopic (exact) mass is 798 g/mol. The fourth-order valence-electron chi connectivity index (χ4n) is 13.2. The third-order valence-corrected chi connectivity index (χ3v) is 17.0. The molecule has 304 valence electrons. The van der Waals surface area contributed by atoms with Crippen LogP contribution in [-0.4, -0.2) is 12.4 Å². The quantitative estimate of drug-likeness (QED) is 0.155. The van der Waals surface area contributed by atoms with Crippen LogP contribution in [0.1, 0.15) is 123 Å². The molecule has 8 aromatic rings. The zero-order valence-corrected chi connectivity index (χ0v) is 37.3. The van der Waals surface area contributed by atoms with Gasteiger partial charge in [0, 0.05) is 49.6 Å². The van der Waals surface area contributed by atoms with Crippen molar-refractivity contribution in [2.24, 2.45) is 0 Å². The van der Waals surface area contributed by atoms with Gasteiger partial charge in [-0.05, 0) is 136 Å². The number of hydrogen-bond acceptors (Lipinski definition) is 4. The van der Waals surface area contributed by atoms with Gasteiger partial charge in [0.2, 0.25) is 0 Å². The van der Waals surface area contributed by atoms with E-state index in [1.165, 1.54) is 121 Å². The Morgan fingerprint density at radius 1 is 0.607 bits per heavy atom. The van der Waals surface area contributed by atoms with Crippen molar-refractivity contribution in [2.45, 2.75) is 128 Å². The summed E-state index contributed by atoms with van der Waals surface area (Å²) in [4.78, 5) is 5.53. The van der Waals surface area contributed by atoms with Crippen LogP contribution in [0.5, 0.6) is 0 Å². The van der Waals surface area contributed by atoms with E-state index < -0.39 is 0 Å². The molecule has 4 nitrogen and oxygen atoms in total. The zero-order chi connectivity index (χ0) is 41.7. The second kappa shape index (κ2) is 11.3. The fraction of sp³-hybridized carbons (Fsp3) is 0.357. The first kappa shape index (κ1) is 36.3. The summed E-state index contributed by atoms with van der Waals surface area (Å²) < 4.78 is 14.3. The number of anilines is 4. The molecule has 3 aliphatic heterocycles. The van der Waals surface area contributed by atoms with Crippen molar-refractivity contribution in [1.29, 1.82) is 0 Å². The summed E-state index contributed by atoms with van der Waals surface area (Å²) in [6, 6.07) is 37.2. The largest absolute Gasteiger partial charge is 0.456 e. The topological polar surface area (TPSA) is 32.8 Å². The summed E-state index contributed by atoms with van der Waals surface area (Å²) in [5, 5.41) is 4.80. The highest BCUT2D eigenvalue weighted by atomic mass is 16.3. The van der Waals surface area contributed by atoms with Crippen molar-refractivity contribution in [3.8, 4) is 11.1 Å². The lowest BCUT2D eigenvalue weighted by Crippen LogP contribution is -2.64. The Morgan fingerprint density at radius 2 is 1.33 bits per heavy atom. The summed E-state index contributed by atoms with van der Waals surface area (Å²) >= 11 is 0. The molecule has 5 heteroatoms. The second-order valence-electron chi connectivity index (χ2n) is 22.2. The van der Waals surface area contributed by atoms with Gasteiger partial charge < -0.3 is 18.5 Å². The Morgan fingerprint density at radius 3 is 2.10 bits per heavy atom. The molecule has 2 aliphatic carbocycles. The molecule has 6 aromatic carbocycles. The first-order valence-corrected chi connectivity index (χ1v) is 23.0. The van der Waals surface area contributed by atoms with Gasteiger partial charge in [-0.3, -0.25) is 0 Å². The Labute approximate surface area is 360 Å². The lowest BCUT2D eigenvalue weighted by Gasteiger charge is -2.53. The van der Waals surface area contributed by atoms with Crippen LogP contribution in [0, 0.1) is 0 Å². The molecule has 0 N–H and O–H groups in total. The van der Waals surface area contributed by atoms with Crippen molar-refractivity contribution >= 4 is 84.4 Å². The van der Waals surface area contributed by atoms with E-state index in [0.29, 0.717) is 0 Å². The predicted octanol–water partition coefficient (Wildman–Crippen LogP) is 14.1. The summed E-state index contributed by atoms with van der Waals surface area (Å²) in [7, 11) is 0. The maximum absolute atomic E-state index is 7.23. The van der Waals surface area contributed by atoms with E-state index in [0.717, 1.165) is 28.8 Å². The second-order valence-corrected chi connectivity index (χ2v) is 22.2. The van der Waals surface area contributed by atoms with E-state index in [9.17, 15) is 0 Å². The first-order valence-electron chi connectivity index (χ1n) is 23.0. The minimum atomic E-state index is -0.144. The molecular formula is C56H55BN2O2. The van der Waals surface area contributed by atoms with Crippen molar-refractivity contribution in [3.63, 3.8) is 0 Å². The van der Waals surface area contributed by atoms with Gasteiger partial charge in [0.05, 0.1) is 11.2 Å². The van der Waals surface area contributed by atoms with Gasteiger partial charge in [-0.25, -0.2) is 0 Å². The normalized spacial score (nSPS) is 23.1. The maximum atomic E-state index is 7.23. The average Bonchev–Trinajstić information content (AvgIpc) is 3.86. The molecular weight excluding hydrogens is 743 g/mol. The molecule has 2 atom stereocenters. The van der Waals surface area contributed by atoms with Crippen molar-refractivity contribution in [2.75, 3.05) is 9.71 Å². The molecule has 2 unspecified atom stereocenters. The van der Waals surface area contributed by atoms with E-state index in [2.05, 4.69) is 169 Å². The molecule has 0 amide bonds. The van der Waals surface area contributed by atoms with Crippen molar-refractivity contribution in [3.05, 3.63) is 119 Å². The lowest BCUT2D eigenvalue weighted by molar-refractivity contribution is 0.195. The third kappa shape index (κ3) is 4.38. The standard InChI is InChI=1S/C56H55BN2O2/c1-52(2,3)32-27-40-49-41(28-32)57-48-37(29-35-34-19-13-14-20-43(34)61-51(35)50(48)58(49)56(9)24-16-15-23-55(40,56)8)46-42(59(57)33-17-11-10-12-18-33)21-22-44-47(46)36-30-38-39(31-45(36)60-44)54(6,7)26-25-53(38,4)5/h10-14,17-22,27-31H,15-16,23-26H2,1-9H3. The van der Waals surface area contributed by atoms with E-state index in [1.54, 1.807) is 0 Å². The molecule has 5 heterocycles. The fourth-order valence-corrected chi connectivity index (χ4v) is 13.2. The maximum Gasteiger partial charge on any atom is 0.333 e. The Kier molecular flexibility index (Phi) is 6.74. The Bertz CT molecular complexity index is 3250.